The molecule has 2 amide bonds. The number of hydrogen-bond donors (Lipinski definition) is 2. The van der Waals surface area contributed by atoms with E-state index in [2.05, 4.69) is 20.8 Å². The summed E-state index contributed by atoms with van der Waals surface area (Å²) in [4.78, 5) is 12.3. The lowest BCUT2D eigenvalue weighted by Gasteiger charge is -2.22. The van der Waals surface area contributed by atoms with Crippen LogP contribution in [0.25, 0.3) is 0 Å². The Bertz CT molecular complexity index is 630. The molecule has 2 N–H and O–H groups in total. The van der Waals surface area contributed by atoms with Gasteiger partial charge >= 0.3 is 6.03 Å². The summed E-state index contributed by atoms with van der Waals surface area (Å²) in [6.45, 7) is 1.94. The molecule has 2 heterocycles. The molecule has 0 aliphatic carbocycles. The summed E-state index contributed by atoms with van der Waals surface area (Å²) in [7, 11) is 0. The standard InChI is InChI=1S/C18H22N4O2/c23-18(19-12-16-7-4-9-20-22-16)21-17(11-14-8-10-24-13-14)15-5-2-1-3-6-15/h1-7,9,14,17H,8,10-13H2,(H2,19,21,23). The van der Waals surface area contributed by atoms with Crippen molar-refractivity contribution in [2.45, 2.75) is 25.4 Å². The van der Waals surface area contributed by atoms with Crippen LogP contribution in [0.2, 0.25) is 0 Å². The van der Waals surface area contributed by atoms with E-state index in [1.165, 1.54) is 0 Å². The molecule has 0 saturated carbocycles. The number of nitrogens with one attached hydrogen (secondary N) is 2. The zero-order valence-corrected chi connectivity index (χ0v) is 13.5. The predicted octanol–water partition coefficient (Wildman–Crippen LogP) is 2.44. The molecular formula is C18H22N4O2. The Morgan fingerprint density at radius 2 is 2.12 bits per heavy atom. The maximum absolute atomic E-state index is 12.3. The molecule has 126 valence electrons. The zero-order chi connectivity index (χ0) is 16.6. The third-order valence-electron chi connectivity index (χ3n) is 4.16. The van der Waals surface area contributed by atoms with Gasteiger partial charge in [0.05, 0.1) is 18.3 Å². The number of nitrogens with zero attached hydrogens (tertiary/aromatic N) is 2. The maximum atomic E-state index is 12.3. The summed E-state index contributed by atoms with van der Waals surface area (Å²) in [5.74, 6) is 0.482. The first kappa shape index (κ1) is 16.4. The summed E-state index contributed by atoms with van der Waals surface area (Å²) in [5, 5.41) is 13.7. The highest BCUT2D eigenvalue weighted by Crippen LogP contribution is 2.26. The van der Waals surface area contributed by atoms with Crippen molar-refractivity contribution in [3.8, 4) is 0 Å². The molecule has 1 aromatic carbocycles. The lowest BCUT2D eigenvalue weighted by Crippen LogP contribution is -2.38. The van der Waals surface area contributed by atoms with Crippen molar-refractivity contribution in [1.82, 2.24) is 20.8 Å². The Morgan fingerprint density at radius 1 is 1.25 bits per heavy atom. The third-order valence-corrected chi connectivity index (χ3v) is 4.16. The van der Waals surface area contributed by atoms with Crippen molar-refractivity contribution >= 4 is 6.03 Å². The molecule has 6 heteroatoms. The van der Waals surface area contributed by atoms with E-state index >= 15 is 0 Å². The van der Waals surface area contributed by atoms with Crippen LogP contribution in [-0.2, 0) is 11.3 Å². The van der Waals surface area contributed by atoms with Gasteiger partial charge in [-0.3, -0.25) is 0 Å². The monoisotopic (exact) mass is 326 g/mol. The van der Waals surface area contributed by atoms with Crippen molar-refractivity contribution in [2.75, 3.05) is 13.2 Å². The van der Waals surface area contributed by atoms with Crippen LogP contribution in [0.15, 0.2) is 48.7 Å². The highest BCUT2D eigenvalue weighted by Gasteiger charge is 2.23. The highest BCUT2D eigenvalue weighted by atomic mass is 16.5. The SMILES string of the molecule is O=C(NCc1cccnn1)NC(CC1CCOC1)c1ccccc1. The Hall–Kier alpha value is -2.47. The number of urea groups is 1. The number of ether oxygens (including phenoxy) is 1. The van der Waals surface area contributed by atoms with E-state index in [-0.39, 0.29) is 12.1 Å². The second-order valence-electron chi connectivity index (χ2n) is 5.97. The summed E-state index contributed by atoms with van der Waals surface area (Å²) in [6, 6.07) is 13.5. The van der Waals surface area contributed by atoms with Gasteiger partial charge in [0.2, 0.25) is 0 Å². The van der Waals surface area contributed by atoms with Gasteiger partial charge in [0.1, 0.15) is 0 Å². The summed E-state index contributed by atoms with van der Waals surface area (Å²) >= 11 is 0. The third kappa shape index (κ3) is 4.76. The van der Waals surface area contributed by atoms with E-state index in [0.29, 0.717) is 12.5 Å². The number of hydrogen-bond acceptors (Lipinski definition) is 4. The molecule has 2 unspecified atom stereocenters. The van der Waals surface area contributed by atoms with Gasteiger partial charge in [-0.1, -0.05) is 30.3 Å². The van der Waals surface area contributed by atoms with Crippen LogP contribution < -0.4 is 10.6 Å². The first-order chi connectivity index (χ1) is 11.8. The Labute approximate surface area is 141 Å². The van der Waals surface area contributed by atoms with Gasteiger partial charge in [0, 0.05) is 19.4 Å². The van der Waals surface area contributed by atoms with Crippen LogP contribution in [-0.4, -0.2) is 29.4 Å². The molecule has 24 heavy (non-hydrogen) atoms. The molecule has 0 bridgehead atoms. The van der Waals surface area contributed by atoms with E-state index in [1.807, 2.05) is 36.4 Å². The normalized spacial score (nSPS) is 18.1. The minimum Gasteiger partial charge on any atom is -0.381 e. The first-order valence-electron chi connectivity index (χ1n) is 8.25. The Balaban J connectivity index is 1.59. The second-order valence-corrected chi connectivity index (χ2v) is 5.97. The van der Waals surface area contributed by atoms with Gasteiger partial charge in [-0.2, -0.15) is 10.2 Å². The maximum Gasteiger partial charge on any atom is 0.315 e. The van der Waals surface area contributed by atoms with Crippen LogP contribution in [0, 0.1) is 5.92 Å². The molecular weight excluding hydrogens is 304 g/mol. The van der Waals surface area contributed by atoms with Crippen molar-refractivity contribution in [1.29, 1.82) is 0 Å². The average molecular weight is 326 g/mol. The predicted molar refractivity (Wildman–Crippen MR) is 90.1 cm³/mol. The van der Waals surface area contributed by atoms with E-state index in [4.69, 9.17) is 4.74 Å². The molecule has 0 radical (unpaired) electrons. The van der Waals surface area contributed by atoms with Crippen LogP contribution in [0.4, 0.5) is 4.79 Å². The largest absolute Gasteiger partial charge is 0.381 e. The number of carbonyl (C=O) groups excluding carboxylic acids is 1. The number of aromatic nitrogens is 2. The summed E-state index contributed by atoms with van der Waals surface area (Å²) < 4.78 is 5.46. The summed E-state index contributed by atoms with van der Waals surface area (Å²) in [5.41, 5.74) is 1.84. The van der Waals surface area contributed by atoms with E-state index in [9.17, 15) is 4.79 Å². The number of benzene rings is 1. The number of carbonyl (C=O) groups is 1. The molecule has 0 spiro atoms. The smallest absolute Gasteiger partial charge is 0.315 e. The van der Waals surface area contributed by atoms with Crippen LogP contribution >= 0.6 is 0 Å². The number of rotatable bonds is 6. The van der Waals surface area contributed by atoms with Crippen LogP contribution in [0.5, 0.6) is 0 Å². The van der Waals surface area contributed by atoms with E-state index in [0.717, 1.165) is 37.3 Å². The average Bonchev–Trinajstić information content (AvgIpc) is 3.14. The Morgan fingerprint density at radius 3 is 2.83 bits per heavy atom. The molecule has 1 aliphatic heterocycles. The van der Waals surface area contributed by atoms with Gasteiger partial charge in [-0.25, -0.2) is 4.79 Å². The second kappa shape index (κ2) is 8.40. The van der Waals surface area contributed by atoms with Crippen LogP contribution in [0.1, 0.15) is 30.1 Å². The molecule has 6 nitrogen and oxygen atoms in total. The quantitative estimate of drug-likeness (QED) is 0.855. The first-order valence-corrected chi connectivity index (χ1v) is 8.25. The van der Waals surface area contributed by atoms with E-state index in [1.54, 1.807) is 12.3 Å². The molecule has 2 aromatic rings. The zero-order valence-electron chi connectivity index (χ0n) is 13.5. The molecule has 1 aliphatic rings. The topological polar surface area (TPSA) is 76.1 Å². The van der Waals surface area contributed by atoms with Crippen molar-refractivity contribution < 1.29 is 9.53 Å². The fourth-order valence-electron chi connectivity index (χ4n) is 2.87. The van der Waals surface area contributed by atoms with Gasteiger partial charge in [-0.15, -0.1) is 0 Å². The lowest BCUT2D eigenvalue weighted by molar-refractivity contribution is 0.181. The van der Waals surface area contributed by atoms with Crippen LogP contribution in [0.3, 0.4) is 0 Å². The Kier molecular flexibility index (Phi) is 5.74. The van der Waals surface area contributed by atoms with E-state index < -0.39 is 0 Å². The fraction of sp³-hybridized carbons (Fsp3) is 0.389. The molecule has 1 saturated heterocycles. The molecule has 1 fully saturated rings. The van der Waals surface area contributed by atoms with Gasteiger partial charge in [0.25, 0.3) is 0 Å². The molecule has 3 rings (SSSR count). The van der Waals surface area contributed by atoms with Crippen molar-refractivity contribution in [2.24, 2.45) is 5.92 Å². The highest BCUT2D eigenvalue weighted by molar-refractivity contribution is 5.74. The van der Waals surface area contributed by atoms with Crippen molar-refractivity contribution in [3.63, 3.8) is 0 Å². The van der Waals surface area contributed by atoms with Crippen molar-refractivity contribution in [3.05, 3.63) is 59.9 Å². The van der Waals surface area contributed by atoms with Gasteiger partial charge in [0.15, 0.2) is 0 Å². The minimum atomic E-state index is -0.201. The molecule has 2 atom stereocenters. The number of amides is 2. The summed E-state index contributed by atoms with van der Waals surface area (Å²) in [6.07, 6.45) is 3.54. The lowest BCUT2D eigenvalue weighted by atomic mass is 9.94. The molecule has 1 aromatic heterocycles. The van der Waals surface area contributed by atoms with Gasteiger partial charge in [-0.05, 0) is 36.5 Å². The minimum absolute atomic E-state index is 0.0280. The van der Waals surface area contributed by atoms with Gasteiger partial charge < -0.3 is 15.4 Å². The fourth-order valence-corrected chi connectivity index (χ4v) is 2.87.